The zero-order chi connectivity index (χ0) is 18.4. The third kappa shape index (κ3) is 4.11. The fourth-order valence-electron chi connectivity index (χ4n) is 4.08. The van der Waals surface area contributed by atoms with E-state index in [4.69, 9.17) is 0 Å². The van der Waals surface area contributed by atoms with E-state index in [1.54, 1.807) is 0 Å². The average molecular weight is 351 g/mol. The Hall–Kier alpha value is -1.83. The number of fused-ring (bicyclic) bond motifs is 3. The Morgan fingerprint density at radius 2 is 1.62 bits per heavy atom. The van der Waals surface area contributed by atoms with Crippen LogP contribution >= 0.6 is 0 Å². The van der Waals surface area contributed by atoms with Crippen molar-refractivity contribution in [2.75, 3.05) is 0 Å². The summed E-state index contributed by atoms with van der Waals surface area (Å²) in [6, 6.07) is 9.30. The Balaban J connectivity index is 1.85. The molecule has 0 aliphatic rings. The van der Waals surface area contributed by atoms with Gasteiger partial charge in [-0.15, -0.1) is 0 Å². The molecule has 140 valence electrons. The molecule has 0 aliphatic heterocycles. The number of hydrogen-bond donors (Lipinski definition) is 0. The van der Waals surface area contributed by atoms with Gasteiger partial charge in [0.2, 0.25) is 0 Å². The maximum atomic E-state index is 4.56. The van der Waals surface area contributed by atoms with Crippen LogP contribution in [-0.2, 0) is 13.0 Å². The number of hydrogen-bond acceptors (Lipinski definition) is 1. The number of rotatable bonds is 10. The molecule has 0 unspecified atom stereocenters. The molecule has 1 aromatic carbocycles. The molecule has 0 saturated carbocycles. The first-order valence-electron chi connectivity index (χ1n) is 10.6. The first-order valence-corrected chi connectivity index (χ1v) is 10.6. The molecule has 0 atom stereocenters. The second-order valence-corrected chi connectivity index (χ2v) is 7.67. The average Bonchev–Trinajstić information content (AvgIpc) is 2.97. The van der Waals surface area contributed by atoms with Crippen LogP contribution in [0.25, 0.3) is 21.8 Å². The first-order chi connectivity index (χ1) is 12.8. The molecule has 0 bridgehead atoms. The van der Waals surface area contributed by atoms with Gasteiger partial charge in [-0.05, 0) is 43.9 Å². The fraction of sp³-hybridized carbons (Fsp3) is 0.542. The van der Waals surface area contributed by atoms with Crippen molar-refractivity contribution in [3.05, 3.63) is 41.7 Å². The van der Waals surface area contributed by atoms with E-state index in [2.05, 4.69) is 54.6 Å². The number of nitrogens with zero attached hydrogens (tertiary/aromatic N) is 2. The smallest absolute Gasteiger partial charge is 0.0707 e. The third-order valence-corrected chi connectivity index (χ3v) is 5.57. The number of aryl methyl sites for hydroxylation is 3. The van der Waals surface area contributed by atoms with Gasteiger partial charge < -0.3 is 4.57 Å². The fourth-order valence-corrected chi connectivity index (χ4v) is 4.08. The highest BCUT2D eigenvalue weighted by atomic mass is 15.0. The predicted octanol–water partition coefficient (Wildman–Crippen LogP) is 7.20. The van der Waals surface area contributed by atoms with Gasteiger partial charge in [0.25, 0.3) is 0 Å². The lowest BCUT2D eigenvalue weighted by atomic mass is 10.0. The van der Waals surface area contributed by atoms with Gasteiger partial charge in [-0.25, -0.2) is 0 Å². The molecule has 0 saturated heterocycles. The van der Waals surface area contributed by atoms with Crippen molar-refractivity contribution in [2.45, 2.75) is 85.1 Å². The van der Waals surface area contributed by atoms with Gasteiger partial charge in [-0.1, -0.05) is 64.5 Å². The van der Waals surface area contributed by atoms with Gasteiger partial charge in [-0.3, -0.25) is 4.98 Å². The molecular formula is C24H34N2. The molecule has 0 N–H and O–H groups in total. The van der Waals surface area contributed by atoms with Crippen LogP contribution in [0.5, 0.6) is 0 Å². The molecule has 0 amide bonds. The Labute approximate surface area is 158 Å². The second-order valence-electron chi connectivity index (χ2n) is 7.67. The predicted molar refractivity (Wildman–Crippen MR) is 114 cm³/mol. The highest BCUT2D eigenvalue weighted by Crippen LogP contribution is 2.31. The summed E-state index contributed by atoms with van der Waals surface area (Å²) < 4.78 is 2.52. The van der Waals surface area contributed by atoms with Crippen LogP contribution in [0.4, 0.5) is 0 Å². The molecule has 2 nitrogen and oxygen atoms in total. The molecule has 2 aromatic heterocycles. The summed E-state index contributed by atoms with van der Waals surface area (Å²) in [4.78, 5) is 4.56. The highest BCUT2D eigenvalue weighted by molar-refractivity contribution is 6.08. The van der Waals surface area contributed by atoms with E-state index in [1.165, 1.54) is 85.2 Å². The van der Waals surface area contributed by atoms with Crippen molar-refractivity contribution in [1.82, 2.24) is 9.55 Å². The van der Waals surface area contributed by atoms with Gasteiger partial charge in [0.1, 0.15) is 0 Å². The number of unbranched alkanes of at least 4 members (excludes halogenated alkanes) is 6. The summed E-state index contributed by atoms with van der Waals surface area (Å²) in [6.45, 7) is 7.78. The first kappa shape index (κ1) is 18.9. The SMILES string of the molecule is CCCCCCCCc1ccc2c3ccnc(C)c3n(CCCC)c2c1. The van der Waals surface area contributed by atoms with Crippen LogP contribution in [0.15, 0.2) is 30.5 Å². The van der Waals surface area contributed by atoms with E-state index in [9.17, 15) is 0 Å². The van der Waals surface area contributed by atoms with E-state index in [1.807, 2.05) is 6.20 Å². The lowest BCUT2D eigenvalue weighted by molar-refractivity contribution is 0.607. The van der Waals surface area contributed by atoms with Crippen molar-refractivity contribution in [3.8, 4) is 0 Å². The maximum absolute atomic E-state index is 4.56. The Bertz CT molecular complexity index is 844. The van der Waals surface area contributed by atoms with Crippen molar-refractivity contribution >= 4 is 21.8 Å². The highest BCUT2D eigenvalue weighted by Gasteiger charge is 2.13. The van der Waals surface area contributed by atoms with E-state index in [-0.39, 0.29) is 0 Å². The zero-order valence-corrected chi connectivity index (χ0v) is 16.9. The molecule has 0 spiro atoms. The van der Waals surface area contributed by atoms with E-state index < -0.39 is 0 Å². The van der Waals surface area contributed by atoms with Crippen LogP contribution in [-0.4, -0.2) is 9.55 Å². The van der Waals surface area contributed by atoms with Gasteiger partial charge in [0.15, 0.2) is 0 Å². The molecule has 26 heavy (non-hydrogen) atoms. The van der Waals surface area contributed by atoms with Gasteiger partial charge in [0, 0.05) is 29.0 Å². The van der Waals surface area contributed by atoms with E-state index in [0.29, 0.717) is 0 Å². The third-order valence-electron chi connectivity index (χ3n) is 5.57. The standard InChI is InChI=1S/C24H34N2/c1-4-6-8-9-10-11-12-20-13-14-21-22-15-16-25-19(3)24(22)26(17-7-5-2)23(21)18-20/h13-16,18H,4-12,17H2,1-3H3. The van der Waals surface area contributed by atoms with Crippen molar-refractivity contribution < 1.29 is 0 Å². The maximum Gasteiger partial charge on any atom is 0.0707 e. The Kier molecular flexibility index (Phi) is 6.71. The minimum Gasteiger partial charge on any atom is -0.339 e. The molecule has 0 radical (unpaired) electrons. The van der Waals surface area contributed by atoms with Gasteiger partial charge >= 0.3 is 0 Å². The minimum atomic E-state index is 1.09. The largest absolute Gasteiger partial charge is 0.339 e. The molecule has 2 heterocycles. The summed E-state index contributed by atoms with van der Waals surface area (Å²) in [5.41, 5.74) is 5.35. The number of aromatic nitrogens is 2. The van der Waals surface area contributed by atoms with Crippen LogP contribution in [0.2, 0.25) is 0 Å². The summed E-state index contributed by atoms with van der Waals surface area (Å²) in [5.74, 6) is 0. The Morgan fingerprint density at radius 3 is 2.42 bits per heavy atom. The molecule has 2 heteroatoms. The normalized spacial score (nSPS) is 11.7. The van der Waals surface area contributed by atoms with Crippen molar-refractivity contribution in [1.29, 1.82) is 0 Å². The molecule has 3 aromatic rings. The lowest BCUT2D eigenvalue weighted by Gasteiger charge is -2.09. The van der Waals surface area contributed by atoms with Crippen LogP contribution in [0.1, 0.15) is 76.5 Å². The summed E-state index contributed by atoms with van der Waals surface area (Å²) in [7, 11) is 0. The van der Waals surface area contributed by atoms with Crippen molar-refractivity contribution in [3.63, 3.8) is 0 Å². The zero-order valence-electron chi connectivity index (χ0n) is 16.9. The van der Waals surface area contributed by atoms with Gasteiger partial charge in [-0.2, -0.15) is 0 Å². The lowest BCUT2D eigenvalue weighted by Crippen LogP contribution is -1.99. The van der Waals surface area contributed by atoms with Crippen LogP contribution in [0.3, 0.4) is 0 Å². The Morgan fingerprint density at radius 1 is 0.846 bits per heavy atom. The summed E-state index contributed by atoms with van der Waals surface area (Å²) in [5, 5.41) is 2.74. The van der Waals surface area contributed by atoms with Crippen molar-refractivity contribution in [2.24, 2.45) is 0 Å². The summed E-state index contributed by atoms with van der Waals surface area (Å²) in [6.07, 6.45) is 13.8. The van der Waals surface area contributed by atoms with Crippen LogP contribution in [0, 0.1) is 6.92 Å². The molecule has 0 aliphatic carbocycles. The van der Waals surface area contributed by atoms with E-state index in [0.717, 1.165) is 12.2 Å². The minimum absolute atomic E-state index is 1.09. The quantitative estimate of drug-likeness (QED) is 0.353. The van der Waals surface area contributed by atoms with Gasteiger partial charge in [0.05, 0.1) is 11.2 Å². The molecule has 0 fully saturated rings. The van der Waals surface area contributed by atoms with Crippen LogP contribution < -0.4 is 0 Å². The molecular weight excluding hydrogens is 316 g/mol. The van der Waals surface area contributed by atoms with E-state index >= 15 is 0 Å². The number of pyridine rings is 1. The second kappa shape index (κ2) is 9.21. The number of benzene rings is 1. The monoisotopic (exact) mass is 350 g/mol. The topological polar surface area (TPSA) is 17.8 Å². The summed E-state index contributed by atoms with van der Waals surface area (Å²) >= 11 is 0. The molecule has 3 rings (SSSR count).